The highest BCUT2D eigenvalue weighted by Gasteiger charge is 2.27. The van der Waals surface area contributed by atoms with E-state index in [0.29, 0.717) is 22.1 Å². The molecule has 1 atom stereocenters. The highest BCUT2D eigenvalue weighted by molar-refractivity contribution is 7.12. The van der Waals surface area contributed by atoms with Crippen LogP contribution < -0.4 is 14.9 Å². The minimum atomic E-state index is -0.811. The van der Waals surface area contributed by atoms with Gasteiger partial charge in [0.15, 0.2) is 11.5 Å². The fraction of sp³-hybridized carbons (Fsp3) is 0.200. The van der Waals surface area contributed by atoms with Gasteiger partial charge < -0.3 is 9.47 Å². The summed E-state index contributed by atoms with van der Waals surface area (Å²) >= 11 is 1.18. The molecule has 2 aromatic rings. The number of thiophene rings is 1. The number of fused-ring (bicyclic) bond motifs is 1. The number of hydrogen-bond donors (Lipinski definition) is 1. The zero-order valence-electron chi connectivity index (χ0n) is 12.6. The van der Waals surface area contributed by atoms with Gasteiger partial charge in [0.2, 0.25) is 6.10 Å². The van der Waals surface area contributed by atoms with E-state index in [0.717, 1.165) is 0 Å². The number of para-hydroxylation sites is 2. The van der Waals surface area contributed by atoms with Crippen LogP contribution in [0.25, 0.3) is 0 Å². The maximum atomic E-state index is 12.1. The first-order valence-electron chi connectivity index (χ1n) is 7.00. The van der Waals surface area contributed by atoms with Crippen molar-refractivity contribution in [3.63, 3.8) is 0 Å². The number of carbonyl (C=O) groups excluding carboxylic acids is 1. The molecule has 9 heteroatoms. The monoisotopic (exact) mass is 347 g/mol. The third kappa shape index (κ3) is 3.35. The van der Waals surface area contributed by atoms with Crippen LogP contribution in [0.1, 0.15) is 11.8 Å². The molecule has 1 amide bonds. The minimum absolute atomic E-state index is 0.00324. The van der Waals surface area contributed by atoms with Gasteiger partial charge in [0.05, 0.1) is 20.9 Å². The molecule has 1 aromatic heterocycles. The third-order valence-electron chi connectivity index (χ3n) is 3.29. The highest BCUT2D eigenvalue weighted by atomic mass is 32.1. The second-order valence-electron chi connectivity index (χ2n) is 4.96. The quantitative estimate of drug-likeness (QED) is 0.519. The van der Waals surface area contributed by atoms with Crippen LogP contribution in [-0.4, -0.2) is 29.3 Å². The number of hydrogen-bond acceptors (Lipinski definition) is 7. The van der Waals surface area contributed by atoms with Crippen molar-refractivity contribution in [3.05, 3.63) is 50.7 Å². The summed E-state index contributed by atoms with van der Waals surface area (Å²) in [7, 11) is 0. The summed E-state index contributed by atoms with van der Waals surface area (Å²) in [5.74, 6) is 0.639. The Bertz CT molecular complexity index is 817. The SMILES string of the molecule is C/C(=N/NC(=O)[C@@H]1COc2ccccc2O1)c1cc([N+](=O)[O-])cs1. The second-order valence-corrected chi connectivity index (χ2v) is 5.87. The first-order chi connectivity index (χ1) is 11.5. The predicted octanol–water partition coefficient (Wildman–Crippen LogP) is 2.34. The summed E-state index contributed by atoms with van der Waals surface area (Å²) in [4.78, 5) is 22.9. The maximum absolute atomic E-state index is 12.1. The zero-order valence-corrected chi connectivity index (χ0v) is 13.4. The van der Waals surface area contributed by atoms with E-state index >= 15 is 0 Å². The predicted molar refractivity (Wildman–Crippen MR) is 87.7 cm³/mol. The van der Waals surface area contributed by atoms with Crippen molar-refractivity contribution in [2.75, 3.05) is 6.61 Å². The molecule has 0 saturated carbocycles. The van der Waals surface area contributed by atoms with E-state index in [2.05, 4.69) is 10.5 Å². The topological polar surface area (TPSA) is 103 Å². The standard InChI is InChI=1S/C15H13N3O5S/c1-9(14-6-10(8-24-14)18(20)21)16-17-15(19)13-7-22-11-4-2-3-5-12(11)23-13/h2-6,8,13H,7H2,1H3,(H,17,19)/b16-9-/t13-/m0/s1. The molecule has 24 heavy (non-hydrogen) atoms. The molecule has 0 unspecified atom stereocenters. The Balaban J connectivity index is 1.63. The molecule has 124 valence electrons. The molecule has 1 aromatic carbocycles. The lowest BCUT2D eigenvalue weighted by Gasteiger charge is -2.24. The van der Waals surface area contributed by atoms with Crippen LogP contribution in [0.15, 0.2) is 40.8 Å². The maximum Gasteiger partial charge on any atom is 0.284 e. The Kier molecular flexibility index (Phi) is 4.43. The summed E-state index contributed by atoms with van der Waals surface area (Å²) in [6, 6.07) is 8.49. The van der Waals surface area contributed by atoms with Gasteiger partial charge in [-0.25, -0.2) is 5.43 Å². The van der Waals surface area contributed by atoms with Crippen LogP contribution in [-0.2, 0) is 4.79 Å². The van der Waals surface area contributed by atoms with Crippen LogP contribution in [0.5, 0.6) is 11.5 Å². The molecule has 1 aliphatic rings. The largest absolute Gasteiger partial charge is 0.485 e. The number of nitrogens with one attached hydrogen (secondary N) is 1. The van der Waals surface area contributed by atoms with Crippen molar-refractivity contribution in [3.8, 4) is 11.5 Å². The average molecular weight is 347 g/mol. The summed E-state index contributed by atoms with van der Waals surface area (Å²) in [6.07, 6.45) is -0.811. The summed E-state index contributed by atoms with van der Waals surface area (Å²) in [5, 5.41) is 16.1. The van der Waals surface area contributed by atoms with Gasteiger partial charge in [-0.2, -0.15) is 5.10 Å². The van der Waals surface area contributed by atoms with E-state index in [1.165, 1.54) is 22.8 Å². The van der Waals surface area contributed by atoms with E-state index in [-0.39, 0.29) is 12.3 Å². The Labute approximate surface area is 140 Å². The molecular formula is C15H13N3O5S. The minimum Gasteiger partial charge on any atom is -0.485 e. The van der Waals surface area contributed by atoms with E-state index in [1.807, 2.05) is 6.07 Å². The molecule has 0 fully saturated rings. The first-order valence-corrected chi connectivity index (χ1v) is 7.88. The van der Waals surface area contributed by atoms with Crippen molar-refractivity contribution in [1.29, 1.82) is 0 Å². The van der Waals surface area contributed by atoms with Crippen molar-refractivity contribution in [2.24, 2.45) is 5.10 Å². The van der Waals surface area contributed by atoms with Crippen molar-refractivity contribution >= 4 is 28.6 Å². The molecule has 0 bridgehead atoms. The summed E-state index contributed by atoms with van der Waals surface area (Å²) in [5.41, 5.74) is 2.87. The van der Waals surface area contributed by atoms with Crippen molar-refractivity contribution in [1.82, 2.24) is 5.43 Å². The average Bonchev–Trinajstić information content (AvgIpc) is 3.09. The van der Waals surface area contributed by atoms with Crippen LogP contribution in [0.4, 0.5) is 5.69 Å². The number of nitro groups is 1. The molecule has 0 aliphatic carbocycles. The Morgan fingerprint density at radius 2 is 2.17 bits per heavy atom. The first kappa shape index (κ1) is 15.9. The summed E-state index contributed by atoms with van der Waals surface area (Å²) in [6.45, 7) is 1.74. The van der Waals surface area contributed by atoms with E-state index in [1.54, 1.807) is 25.1 Å². The summed E-state index contributed by atoms with van der Waals surface area (Å²) < 4.78 is 11.0. The number of hydrazone groups is 1. The second kappa shape index (κ2) is 6.67. The molecule has 0 saturated heterocycles. The Morgan fingerprint density at radius 3 is 2.88 bits per heavy atom. The van der Waals surface area contributed by atoms with Gasteiger partial charge >= 0.3 is 0 Å². The van der Waals surface area contributed by atoms with E-state index < -0.39 is 16.9 Å². The third-order valence-corrected chi connectivity index (χ3v) is 4.31. The lowest BCUT2D eigenvalue weighted by molar-refractivity contribution is -0.384. The number of carbonyl (C=O) groups is 1. The smallest absolute Gasteiger partial charge is 0.284 e. The molecule has 3 rings (SSSR count). The van der Waals surface area contributed by atoms with Gasteiger partial charge in [0, 0.05) is 6.07 Å². The fourth-order valence-electron chi connectivity index (χ4n) is 2.03. The molecule has 0 radical (unpaired) electrons. The normalized spacial score (nSPS) is 16.5. The van der Waals surface area contributed by atoms with Gasteiger partial charge in [-0.1, -0.05) is 12.1 Å². The number of nitrogens with zero attached hydrogens (tertiary/aromatic N) is 2. The number of amides is 1. The van der Waals surface area contributed by atoms with Crippen molar-refractivity contribution < 1.29 is 19.2 Å². The number of benzene rings is 1. The molecular weight excluding hydrogens is 334 g/mol. The van der Waals surface area contributed by atoms with Crippen molar-refractivity contribution in [2.45, 2.75) is 13.0 Å². The Morgan fingerprint density at radius 1 is 1.42 bits per heavy atom. The highest BCUT2D eigenvalue weighted by Crippen LogP contribution is 2.30. The van der Waals surface area contributed by atoms with Gasteiger partial charge in [-0.15, -0.1) is 11.3 Å². The van der Waals surface area contributed by atoms with E-state index in [9.17, 15) is 14.9 Å². The van der Waals surface area contributed by atoms with Crippen LogP contribution in [0, 0.1) is 10.1 Å². The molecule has 8 nitrogen and oxygen atoms in total. The zero-order chi connectivity index (χ0) is 17.1. The van der Waals surface area contributed by atoms with Gasteiger partial charge in [-0.05, 0) is 19.1 Å². The van der Waals surface area contributed by atoms with E-state index in [4.69, 9.17) is 9.47 Å². The van der Waals surface area contributed by atoms with Gasteiger partial charge in [-0.3, -0.25) is 14.9 Å². The molecule has 1 aliphatic heterocycles. The molecule has 1 N–H and O–H groups in total. The van der Waals surface area contributed by atoms with Crippen LogP contribution in [0.3, 0.4) is 0 Å². The lowest BCUT2D eigenvalue weighted by Crippen LogP contribution is -2.42. The number of rotatable bonds is 4. The lowest BCUT2D eigenvalue weighted by atomic mass is 10.2. The van der Waals surface area contributed by atoms with Crippen LogP contribution >= 0.6 is 11.3 Å². The number of ether oxygens (including phenoxy) is 2. The van der Waals surface area contributed by atoms with Gasteiger partial charge in [0.25, 0.3) is 11.6 Å². The molecule has 2 heterocycles. The van der Waals surface area contributed by atoms with Gasteiger partial charge in [0.1, 0.15) is 6.61 Å². The molecule has 0 spiro atoms. The Hall–Kier alpha value is -2.94. The fourth-order valence-corrected chi connectivity index (χ4v) is 2.83. The van der Waals surface area contributed by atoms with Crippen LogP contribution in [0.2, 0.25) is 0 Å².